The van der Waals surface area contributed by atoms with Crippen LogP contribution in [-0.2, 0) is 20.6 Å². The predicted octanol–water partition coefficient (Wildman–Crippen LogP) is 0.973. The Kier molecular flexibility index (Phi) is 4.08. The Morgan fingerprint density at radius 2 is 1.78 bits per heavy atom. The molecule has 0 bridgehead atoms. The number of aliphatic hydroxyl groups is 1. The maximum absolute atomic E-state index is 13.0. The molecule has 9 heteroatoms. The minimum absolute atomic E-state index is 0.175. The molecular weight excluding hydrogens is 346 g/mol. The van der Waals surface area contributed by atoms with E-state index >= 15 is 0 Å². The quantitative estimate of drug-likeness (QED) is 0.578. The topological polar surface area (TPSA) is 104 Å². The van der Waals surface area contributed by atoms with Gasteiger partial charge in [-0.2, -0.15) is 10.2 Å². The highest BCUT2D eigenvalue weighted by Crippen LogP contribution is 2.28. The van der Waals surface area contributed by atoms with Crippen molar-refractivity contribution in [1.82, 2.24) is 34.1 Å². The van der Waals surface area contributed by atoms with E-state index in [0.717, 1.165) is 11.1 Å². The Balaban J connectivity index is 2.02. The van der Waals surface area contributed by atoms with E-state index in [2.05, 4.69) is 15.2 Å². The molecule has 0 aromatic carbocycles. The van der Waals surface area contributed by atoms with Crippen molar-refractivity contribution in [3.63, 3.8) is 0 Å². The van der Waals surface area contributed by atoms with Gasteiger partial charge in [0, 0.05) is 37.6 Å². The maximum Gasteiger partial charge on any atom is 0.261 e. The van der Waals surface area contributed by atoms with E-state index in [1.54, 1.807) is 34.7 Å². The van der Waals surface area contributed by atoms with Gasteiger partial charge in [-0.15, -0.1) is 0 Å². The zero-order chi connectivity index (χ0) is 19.1. The number of hydrogen-bond acceptors (Lipinski definition) is 6. The summed E-state index contributed by atoms with van der Waals surface area (Å²) in [6.45, 7) is 1.81. The van der Waals surface area contributed by atoms with E-state index in [1.165, 1.54) is 10.9 Å². The van der Waals surface area contributed by atoms with Crippen LogP contribution >= 0.6 is 0 Å². The summed E-state index contributed by atoms with van der Waals surface area (Å²) in [5, 5.41) is 18.5. The van der Waals surface area contributed by atoms with Gasteiger partial charge in [-0.25, -0.2) is 9.97 Å². The van der Waals surface area contributed by atoms with Crippen LogP contribution in [0.2, 0.25) is 0 Å². The molecule has 0 spiro atoms. The van der Waals surface area contributed by atoms with Crippen molar-refractivity contribution in [3.05, 3.63) is 47.5 Å². The third-order valence-electron chi connectivity index (χ3n) is 4.25. The van der Waals surface area contributed by atoms with Crippen molar-refractivity contribution in [1.29, 1.82) is 0 Å². The van der Waals surface area contributed by atoms with Gasteiger partial charge in [-0.3, -0.25) is 18.7 Å². The molecular formula is C18H19N7O2. The SMILES string of the molecule is CC(O)Cn1cnc2c(-c3cnn(C)c3)nc(-c3cnn(C)c3)cc2c1=O. The molecule has 0 aliphatic carbocycles. The maximum atomic E-state index is 13.0. The first-order valence-electron chi connectivity index (χ1n) is 8.48. The van der Waals surface area contributed by atoms with Gasteiger partial charge in [0.05, 0.1) is 42.4 Å². The monoisotopic (exact) mass is 365 g/mol. The molecule has 0 aliphatic heterocycles. The average molecular weight is 365 g/mol. The summed E-state index contributed by atoms with van der Waals surface area (Å²) in [7, 11) is 3.64. The highest BCUT2D eigenvalue weighted by molar-refractivity contribution is 5.93. The molecule has 4 heterocycles. The van der Waals surface area contributed by atoms with Crippen LogP contribution in [0.25, 0.3) is 33.4 Å². The van der Waals surface area contributed by atoms with Crippen molar-refractivity contribution >= 4 is 10.9 Å². The zero-order valence-electron chi connectivity index (χ0n) is 15.2. The molecule has 0 amide bonds. The van der Waals surface area contributed by atoms with E-state index in [0.29, 0.717) is 22.3 Å². The smallest absolute Gasteiger partial charge is 0.261 e. The van der Waals surface area contributed by atoms with Gasteiger partial charge >= 0.3 is 0 Å². The van der Waals surface area contributed by atoms with Gasteiger partial charge in [-0.05, 0) is 13.0 Å². The van der Waals surface area contributed by atoms with Crippen LogP contribution in [0.1, 0.15) is 6.92 Å². The molecule has 0 aliphatic rings. The number of fused-ring (bicyclic) bond motifs is 1. The summed E-state index contributed by atoms with van der Waals surface area (Å²) in [6, 6.07) is 1.72. The number of aliphatic hydroxyl groups excluding tert-OH is 1. The molecule has 0 radical (unpaired) electrons. The standard InChI is InChI=1S/C18H19N7O2/c1-11(26)7-25-10-19-17-14(18(25)27)4-15(12-5-20-23(2)8-12)22-16(17)13-6-21-24(3)9-13/h4-6,8-11,26H,7H2,1-3H3. The molecule has 4 rings (SSSR count). The van der Waals surface area contributed by atoms with E-state index in [-0.39, 0.29) is 12.1 Å². The minimum Gasteiger partial charge on any atom is -0.392 e. The van der Waals surface area contributed by atoms with Crippen LogP contribution in [0, 0.1) is 0 Å². The lowest BCUT2D eigenvalue weighted by molar-refractivity contribution is 0.172. The fourth-order valence-corrected chi connectivity index (χ4v) is 3.03. The van der Waals surface area contributed by atoms with Crippen LogP contribution in [0.3, 0.4) is 0 Å². The second-order valence-electron chi connectivity index (χ2n) is 6.61. The summed E-state index contributed by atoms with van der Waals surface area (Å²) in [5.41, 5.74) is 3.06. The molecule has 4 aromatic heterocycles. The summed E-state index contributed by atoms with van der Waals surface area (Å²) in [6.07, 6.45) is 7.86. The number of pyridine rings is 1. The van der Waals surface area contributed by atoms with E-state index < -0.39 is 6.10 Å². The minimum atomic E-state index is -0.653. The molecule has 1 atom stereocenters. The van der Waals surface area contributed by atoms with E-state index in [1.807, 2.05) is 26.5 Å². The lowest BCUT2D eigenvalue weighted by Crippen LogP contribution is -2.25. The third kappa shape index (κ3) is 3.13. The van der Waals surface area contributed by atoms with Crippen molar-refractivity contribution in [2.24, 2.45) is 14.1 Å². The van der Waals surface area contributed by atoms with Crippen LogP contribution in [0.5, 0.6) is 0 Å². The fourth-order valence-electron chi connectivity index (χ4n) is 3.03. The number of rotatable bonds is 4. The molecule has 27 heavy (non-hydrogen) atoms. The molecule has 4 aromatic rings. The fraction of sp³-hybridized carbons (Fsp3) is 0.278. The Labute approximate surface area is 154 Å². The first-order chi connectivity index (χ1) is 12.9. The molecule has 0 saturated heterocycles. The number of nitrogens with zero attached hydrogens (tertiary/aromatic N) is 7. The number of hydrogen-bond donors (Lipinski definition) is 1. The van der Waals surface area contributed by atoms with Crippen molar-refractivity contribution < 1.29 is 5.11 Å². The Hall–Kier alpha value is -3.33. The lowest BCUT2D eigenvalue weighted by Gasteiger charge is -2.11. The van der Waals surface area contributed by atoms with Crippen LogP contribution in [0.4, 0.5) is 0 Å². The molecule has 1 N–H and O–H groups in total. The predicted molar refractivity (Wildman–Crippen MR) is 99.9 cm³/mol. The normalized spacial score (nSPS) is 12.6. The van der Waals surface area contributed by atoms with Crippen LogP contribution in [0.15, 0.2) is 42.0 Å². The van der Waals surface area contributed by atoms with Crippen molar-refractivity contribution in [2.75, 3.05) is 0 Å². The highest BCUT2D eigenvalue weighted by atomic mass is 16.3. The van der Waals surface area contributed by atoms with Gasteiger partial charge in [-0.1, -0.05) is 0 Å². The molecule has 0 fully saturated rings. The Bertz CT molecular complexity index is 1190. The van der Waals surface area contributed by atoms with Crippen molar-refractivity contribution in [3.8, 4) is 22.5 Å². The van der Waals surface area contributed by atoms with E-state index in [4.69, 9.17) is 4.98 Å². The summed E-state index contributed by atoms with van der Waals surface area (Å²) < 4.78 is 4.77. The van der Waals surface area contributed by atoms with Gasteiger partial charge in [0.2, 0.25) is 0 Å². The Morgan fingerprint density at radius 1 is 1.11 bits per heavy atom. The molecule has 138 valence electrons. The second-order valence-corrected chi connectivity index (χ2v) is 6.61. The lowest BCUT2D eigenvalue weighted by atomic mass is 10.1. The Morgan fingerprint density at radius 3 is 2.37 bits per heavy atom. The van der Waals surface area contributed by atoms with Crippen LogP contribution in [-0.4, -0.2) is 45.3 Å². The summed E-state index contributed by atoms with van der Waals surface area (Å²) >= 11 is 0. The van der Waals surface area contributed by atoms with Gasteiger partial charge < -0.3 is 5.11 Å². The van der Waals surface area contributed by atoms with Gasteiger partial charge in [0.15, 0.2) is 0 Å². The molecule has 9 nitrogen and oxygen atoms in total. The average Bonchev–Trinajstić information content (AvgIpc) is 3.25. The first kappa shape index (κ1) is 17.1. The van der Waals surface area contributed by atoms with Gasteiger partial charge in [0.25, 0.3) is 5.56 Å². The molecule has 1 unspecified atom stereocenters. The van der Waals surface area contributed by atoms with Gasteiger partial charge in [0.1, 0.15) is 11.2 Å². The number of aryl methyl sites for hydroxylation is 2. The summed E-state index contributed by atoms with van der Waals surface area (Å²) in [4.78, 5) is 22.2. The summed E-state index contributed by atoms with van der Waals surface area (Å²) in [5.74, 6) is 0. The second kappa shape index (κ2) is 6.44. The first-order valence-corrected chi connectivity index (χ1v) is 8.48. The highest BCUT2D eigenvalue weighted by Gasteiger charge is 2.16. The van der Waals surface area contributed by atoms with Crippen LogP contribution < -0.4 is 5.56 Å². The third-order valence-corrected chi connectivity index (χ3v) is 4.25. The zero-order valence-corrected chi connectivity index (χ0v) is 15.2. The molecule has 0 saturated carbocycles. The largest absolute Gasteiger partial charge is 0.392 e. The number of aromatic nitrogens is 7. The van der Waals surface area contributed by atoms with E-state index in [9.17, 15) is 9.90 Å². The van der Waals surface area contributed by atoms with Crippen molar-refractivity contribution in [2.45, 2.75) is 19.6 Å².